The SMILES string of the molecule is COc1ccc(CCNCC(C)C)cc1OC.Cc1cccc(-c2sc(N)nc2C(=O)O)c1. The molecule has 0 fully saturated rings. The number of thiazole rings is 1. The van der Waals surface area contributed by atoms with Gasteiger partial charge in [0.05, 0.1) is 19.1 Å². The number of hydrogen-bond donors (Lipinski definition) is 3. The lowest BCUT2D eigenvalue weighted by Gasteiger charge is -2.10. The predicted molar refractivity (Wildman–Crippen MR) is 135 cm³/mol. The van der Waals surface area contributed by atoms with Gasteiger partial charge in [-0.2, -0.15) is 0 Å². The third-order valence-electron chi connectivity index (χ3n) is 4.72. The molecule has 3 rings (SSSR count). The molecule has 0 bridgehead atoms. The van der Waals surface area contributed by atoms with Gasteiger partial charge in [0.15, 0.2) is 22.3 Å². The number of carboxylic acid groups (broad SMARTS) is 1. The molecule has 1 aromatic heterocycles. The van der Waals surface area contributed by atoms with Gasteiger partial charge in [-0.1, -0.05) is 61.1 Å². The summed E-state index contributed by atoms with van der Waals surface area (Å²) in [7, 11) is 3.32. The largest absolute Gasteiger partial charge is 0.493 e. The highest BCUT2D eigenvalue weighted by Gasteiger charge is 2.17. The normalized spacial score (nSPS) is 10.5. The van der Waals surface area contributed by atoms with Crippen LogP contribution in [0.2, 0.25) is 0 Å². The van der Waals surface area contributed by atoms with E-state index in [0.29, 0.717) is 10.8 Å². The number of nitrogens with one attached hydrogen (secondary N) is 1. The van der Waals surface area contributed by atoms with Crippen molar-refractivity contribution in [2.45, 2.75) is 27.2 Å². The summed E-state index contributed by atoms with van der Waals surface area (Å²) in [5, 5.41) is 12.7. The number of methoxy groups -OCH3 is 2. The smallest absolute Gasteiger partial charge is 0.356 e. The summed E-state index contributed by atoms with van der Waals surface area (Å²) >= 11 is 1.19. The minimum Gasteiger partial charge on any atom is -0.493 e. The Balaban J connectivity index is 0.000000234. The predicted octanol–water partition coefficient (Wildman–Crippen LogP) is 4.89. The molecule has 4 N–H and O–H groups in total. The lowest BCUT2D eigenvalue weighted by atomic mass is 10.1. The van der Waals surface area contributed by atoms with Gasteiger partial charge in [-0.15, -0.1) is 0 Å². The fourth-order valence-corrected chi connectivity index (χ4v) is 3.94. The van der Waals surface area contributed by atoms with E-state index in [1.54, 1.807) is 14.2 Å². The first-order chi connectivity index (χ1) is 15.7. The van der Waals surface area contributed by atoms with E-state index in [1.807, 2.05) is 43.3 Å². The molecular formula is C25H33N3O4S. The number of aromatic nitrogens is 1. The van der Waals surface area contributed by atoms with Crippen molar-refractivity contribution >= 4 is 22.4 Å². The van der Waals surface area contributed by atoms with Crippen LogP contribution in [0.4, 0.5) is 5.13 Å². The van der Waals surface area contributed by atoms with Crippen molar-refractivity contribution in [3.63, 3.8) is 0 Å². The molecule has 8 heteroatoms. The Labute approximate surface area is 199 Å². The van der Waals surface area contributed by atoms with Gasteiger partial charge in [0.1, 0.15) is 0 Å². The molecule has 1 heterocycles. The van der Waals surface area contributed by atoms with Gasteiger partial charge >= 0.3 is 5.97 Å². The van der Waals surface area contributed by atoms with Gasteiger partial charge in [-0.05, 0) is 55.6 Å². The molecule has 0 aliphatic carbocycles. The molecule has 0 saturated heterocycles. The van der Waals surface area contributed by atoms with E-state index in [4.69, 9.17) is 20.3 Å². The number of ether oxygens (including phenoxy) is 2. The second kappa shape index (κ2) is 12.8. The molecule has 0 unspecified atom stereocenters. The van der Waals surface area contributed by atoms with Gasteiger partial charge in [-0.25, -0.2) is 9.78 Å². The Morgan fingerprint density at radius 3 is 2.48 bits per heavy atom. The molecular weight excluding hydrogens is 438 g/mol. The van der Waals surface area contributed by atoms with E-state index < -0.39 is 5.97 Å². The second-order valence-corrected chi connectivity index (χ2v) is 8.97. The fourth-order valence-electron chi connectivity index (χ4n) is 3.12. The maximum atomic E-state index is 11.0. The number of nitrogen functional groups attached to an aromatic ring is 1. The van der Waals surface area contributed by atoms with Gasteiger partial charge in [-0.3, -0.25) is 0 Å². The van der Waals surface area contributed by atoms with Gasteiger partial charge < -0.3 is 25.6 Å². The Hall–Kier alpha value is -3.10. The standard InChI is InChI=1S/C14H23NO2.C11H10N2O2S/c1-11(2)10-15-8-7-12-5-6-13(16-3)14(9-12)17-4;1-6-3-2-4-7(5-6)9-8(10(14)15)13-11(12)16-9/h5-6,9,11,15H,7-8,10H2,1-4H3;2-5H,1H3,(H2,12,13)(H,14,15). The van der Waals surface area contributed by atoms with Gasteiger partial charge in [0, 0.05) is 0 Å². The Bertz CT molecular complexity index is 1050. The topological polar surface area (TPSA) is 107 Å². The third kappa shape index (κ3) is 8.07. The molecule has 0 amide bonds. The average molecular weight is 472 g/mol. The molecule has 2 aromatic carbocycles. The van der Waals surface area contributed by atoms with Crippen molar-refractivity contribution in [3.8, 4) is 21.9 Å². The lowest BCUT2D eigenvalue weighted by Crippen LogP contribution is -2.22. The molecule has 33 heavy (non-hydrogen) atoms. The number of hydrogen-bond acceptors (Lipinski definition) is 7. The van der Waals surface area contributed by atoms with Crippen LogP contribution in [0.25, 0.3) is 10.4 Å². The van der Waals surface area contributed by atoms with E-state index in [1.165, 1.54) is 16.9 Å². The van der Waals surface area contributed by atoms with Crippen molar-refractivity contribution < 1.29 is 19.4 Å². The second-order valence-electron chi connectivity index (χ2n) is 7.94. The van der Waals surface area contributed by atoms with E-state index in [9.17, 15) is 4.79 Å². The molecule has 0 atom stereocenters. The van der Waals surface area contributed by atoms with Crippen LogP contribution in [0, 0.1) is 12.8 Å². The first-order valence-electron chi connectivity index (χ1n) is 10.7. The summed E-state index contributed by atoms with van der Waals surface area (Å²) in [6.07, 6.45) is 1.01. The fraction of sp³-hybridized carbons (Fsp3) is 0.360. The number of benzene rings is 2. The van der Waals surface area contributed by atoms with Crippen LogP contribution in [0.15, 0.2) is 42.5 Å². The molecule has 178 valence electrons. The van der Waals surface area contributed by atoms with E-state index in [2.05, 4.69) is 30.2 Å². The first kappa shape index (κ1) is 26.2. The number of nitrogens with zero attached hydrogens (tertiary/aromatic N) is 1. The summed E-state index contributed by atoms with van der Waals surface area (Å²) in [4.78, 5) is 15.4. The van der Waals surface area contributed by atoms with Crippen LogP contribution in [0.5, 0.6) is 11.5 Å². The highest BCUT2D eigenvalue weighted by Crippen LogP contribution is 2.32. The molecule has 0 aliphatic rings. The monoisotopic (exact) mass is 471 g/mol. The van der Waals surface area contributed by atoms with E-state index in [-0.39, 0.29) is 10.8 Å². The maximum absolute atomic E-state index is 11.0. The maximum Gasteiger partial charge on any atom is 0.356 e. The number of nitrogens with two attached hydrogens (primary N) is 1. The highest BCUT2D eigenvalue weighted by molar-refractivity contribution is 7.19. The van der Waals surface area contributed by atoms with Crippen molar-refractivity contribution in [1.82, 2.24) is 10.3 Å². The van der Waals surface area contributed by atoms with Crippen molar-refractivity contribution in [1.29, 1.82) is 0 Å². The number of rotatable bonds is 9. The number of aryl methyl sites for hydroxylation is 1. The zero-order valence-electron chi connectivity index (χ0n) is 19.8. The van der Waals surface area contributed by atoms with Crippen LogP contribution >= 0.6 is 11.3 Å². The molecule has 0 aliphatic heterocycles. The summed E-state index contributed by atoms with van der Waals surface area (Å²) in [5.41, 5.74) is 8.73. The summed E-state index contributed by atoms with van der Waals surface area (Å²) in [6.45, 7) is 8.43. The number of carbonyl (C=O) groups is 1. The summed E-state index contributed by atoms with van der Waals surface area (Å²) < 4.78 is 10.5. The Kier molecular flexibility index (Phi) is 10.2. The van der Waals surface area contributed by atoms with Crippen LogP contribution in [0.1, 0.15) is 35.5 Å². The molecule has 0 radical (unpaired) electrons. The van der Waals surface area contributed by atoms with Crippen LogP contribution < -0.4 is 20.5 Å². The van der Waals surface area contributed by atoms with Crippen LogP contribution in [-0.2, 0) is 6.42 Å². The van der Waals surface area contributed by atoms with Crippen molar-refractivity contribution in [2.75, 3.05) is 33.0 Å². The summed E-state index contributed by atoms with van der Waals surface area (Å²) in [5.74, 6) is 1.23. The first-order valence-corrected chi connectivity index (χ1v) is 11.5. The van der Waals surface area contributed by atoms with Gasteiger partial charge in [0.2, 0.25) is 0 Å². The average Bonchev–Trinajstić information content (AvgIpc) is 3.19. The molecule has 3 aromatic rings. The lowest BCUT2D eigenvalue weighted by molar-refractivity contribution is 0.0692. The highest BCUT2D eigenvalue weighted by atomic mass is 32.1. The minimum atomic E-state index is -1.05. The van der Waals surface area contributed by atoms with Crippen molar-refractivity contribution in [3.05, 3.63) is 59.3 Å². The number of anilines is 1. The Morgan fingerprint density at radius 1 is 1.15 bits per heavy atom. The van der Waals surface area contributed by atoms with Gasteiger partial charge in [0.25, 0.3) is 0 Å². The van der Waals surface area contributed by atoms with Crippen LogP contribution in [0.3, 0.4) is 0 Å². The zero-order valence-corrected chi connectivity index (χ0v) is 20.7. The Morgan fingerprint density at radius 2 is 1.88 bits per heavy atom. The molecule has 7 nitrogen and oxygen atoms in total. The zero-order chi connectivity index (χ0) is 24.4. The number of carboxylic acids is 1. The minimum absolute atomic E-state index is 0.0214. The number of aromatic carboxylic acids is 1. The quantitative estimate of drug-likeness (QED) is 0.381. The summed E-state index contributed by atoms with van der Waals surface area (Å²) in [6, 6.07) is 13.7. The molecule has 0 saturated carbocycles. The van der Waals surface area contributed by atoms with Crippen molar-refractivity contribution in [2.24, 2.45) is 5.92 Å². The third-order valence-corrected chi connectivity index (χ3v) is 5.65. The van der Waals surface area contributed by atoms with Crippen LogP contribution in [-0.4, -0.2) is 43.4 Å². The van der Waals surface area contributed by atoms with E-state index >= 15 is 0 Å². The molecule has 0 spiro atoms. The van der Waals surface area contributed by atoms with E-state index in [0.717, 1.165) is 42.1 Å².